The van der Waals surface area contributed by atoms with Gasteiger partial charge in [0.05, 0.1) is 5.54 Å². The third-order valence-corrected chi connectivity index (χ3v) is 4.54. The summed E-state index contributed by atoms with van der Waals surface area (Å²) in [6.07, 6.45) is 3.72. The quantitative estimate of drug-likeness (QED) is 0.764. The molecular weight excluding hydrogens is 246 g/mol. The molecule has 0 aliphatic carbocycles. The summed E-state index contributed by atoms with van der Waals surface area (Å²) in [5.41, 5.74) is 1.74. The van der Waals surface area contributed by atoms with E-state index in [0.717, 1.165) is 18.7 Å². The van der Waals surface area contributed by atoms with Gasteiger partial charge in [0.1, 0.15) is 0 Å². The third kappa shape index (κ3) is 3.12. The maximum absolute atomic E-state index is 12.8. The van der Waals surface area contributed by atoms with Crippen LogP contribution in [0.2, 0.25) is 0 Å². The minimum Gasteiger partial charge on any atom is -0.292 e. The Morgan fingerprint density at radius 2 is 1.60 bits per heavy atom. The standard InChI is InChI=1S/C18H27NO/c1-14(2)15-8-10-16(11-9-15)17(20)18(3,4)19-12-6-5-7-13-19/h8-11,14H,5-7,12-13H2,1-4H3. The molecule has 1 aliphatic heterocycles. The lowest BCUT2D eigenvalue weighted by atomic mass is 9.88. The van der Waals surface area contributed by atoms with Gasteiger partial charge in [0, 0.05) is 5.56 Å². The number of piperidine rings is 1. The predicted octanol–water partition coefficient (Wildman–Crippen LogP) is 4.26. The monoisotopic (exact) mass is 273 g/mol. The average molecular weight is 273 g/mol. The van der Waals surface area contributed by atoms with Crippen LogP contribution in [0.3, 0.4) is 0 Å². The van der Waals surface area contributed by atoms with E-state index < -0.39 is 0 Å². The van der Waals surface area contributed by atoms with E-state index in [9.17, 15) is 4.79 Å². The van der Waals surface area contributed by atoms with Crippen LogP contribution in [0.4, 0.5) is 0 Å². The minimum atomic E-state index is -0.389. The van der Waals surface area contributed by atoms with Crippen molar-refractivity contribution < 1.29 is 4.79 Å². The molecule has 1 fully saturated rings. The average Bonchev–Trinajstić information content (AvgIpc) is 2.47. The number of carbonyl (C=O) groups is 1. The van der Waals surface area contributed by atoms with Crippen LogP contribution >= 0.6 is 0 Å². The van der Waals surface area contributed by atoms with Gasteiger partial charge >= 0.3 is 0 Å². The molecule has 0 amide bonds. The Kier molecular flexibility index (Phi) is 4.64. The molecule has 0 radical (unpaired) electrons. The van der Waals surface area contributed by atoms with E-state index in [4.69, 9.17) is 0 Å². The number of nitrogens with zero attached hydrogens (tertiary/aromatic N) is 1. The molecule has 2 heteroatoms. The van der Waals surface area contributed by atoms with Gasteiger partial charge in [-0.1, -0.05) is 44.5 Å². The molecule has 0 N–H and O–H groups in total. The Labute approximate surface area is 123 Å². The molecule has 0 atom stereocenters. The van der Waals surface area contributed by atoms with Gasteiger partial charge in [-0.25, -0.2) is 0 Å². The van der Waals surface area contributed by atoms with E-state index in [1.54, 1.807) is 0 Å². The second-order valence-electron chi connectivity index (χ2n) is 6.71. The predicted molar refractivity (Wildman–Crippen MR) is 84.4 cm³/mol. The molecule has 110 valence electrons. The number of carbonyl (C=O) groups excluding carboxylic acids is 1. The summed E-state index contributed by atoms with van der Waals surface area (Å²) in [5.74, 6) is 0.754. The van der Waals surface area contributed by atoms with Crippen molar-refractivity contribution in [2.45, 2.75) is 58.4 Å². The number of hydrogen-bond acceptors (Lipinski definition) is 2. The highest BCUT2D eigenvalue weighted by Crippen LogP contribution is 2.25. The van der Waals surface area contributed by atoms with E-state index in [0.29, 0.717) is 5.92 Å². The van der Waals surface area contributed by atoms with Gasteiger partial charge in [-0.2, -0.15) is 0 Å². The molecule has 0 bridgehead atoms. The first-order chi connectivity index (χ1) is 9.43. The fourth-order valence-electron chi connectivity index (χ4n) is 2.97. The van der Waals surface area contributed by atoms with Crippen molar-refractivity contribution in [3.63, 3.8) is 0 Å². The zero-order chi connectivity index (χ0) is 14.8. The molecule has 0 saturated carbocycles. The van der Waals surface area contributed by atoms with Crippen molar-refractivity contribution in [2.75, 3.05) is 13.1 Å². The minimum absolute atomic E-state index is 0.245. The van der Waals surface area contributed by atoms with Gasteiger partial charge in [-0.3, -0.25) is 9.69 Å². The van der Waals surface area contributed by atoms with Crippen molar-refractivity contribution in [1.29, 1.82) is 0 Å². The summed E-state index contributed by atoms with van der Waals surface area (Å²) in [6, 6.07) is 8.15. The van der Waals surface area contributed by atoms with Gasteiger partial charge < -0.3 is 0 Å². The highest BCUT2D eigenvalue weighted by Gasteiger charge is 2.35. The fourth-order valence-corrected chi connectivity index (χ4v) is 2.97. The molecule has 1 saturated heterocycles. The number of rotatable bonds is 4. The number of hydrogen-bond donors (Lipinski definition) is 0. The highest BCUT2D eigenvalue weighted by atomic mass is 16.1. The Morgan fingerprint density at radius 1 is 1.05 bits per heavy atom. The van der Waals surface area contributed by atoms with Crippen LogP contribution < -0.4 is 0 Å². The molecule has 1 aromatic rings. The molecule has 0 unspecified atom stereocenters. The van der Waals surface area contributed by atoms with Crippen molar-refractivity contribution in [3.05, 3.63) is 35.4 Å². The smallest absolute Gasteiger partial charge is 0.182 e. The Morgan fingerprint density at radius 3 is 2.10 bits per heavy atom. The maximum Gasteiger partial charge on any atom is 0.182 e. The van der Waals surface area contributed by atoms with Crippen molar-refractivity contribution in [1.82, 2.24) is 4.90 Å². The molecule has 2 nitrogen and oxygen atoms in total. The van der Waals surface area contributed by atoms with Crippen LogP contribution in [0.15, 0.2) is 24.3 Å². The van der Waals surface area contributed by atoms with Gasteiger partial charge in [-0.05, 0) is 51.3 Å². The van der Waals surface area contributed by atoms with Crippen LogP contribution in [0.25, 0.3) is 0 Å². The third-order valence-electron chi connectivity index (χ3n) is 4.54. The van der Waals surface area contributed by atoms with E-state index in [2.05, 4.69) is 44.7 Å². The lowest BCUT2D eigenvalue weighted by Crippen LogP contribution is -2.52. The first kappa shape index (κ1) is 15.2. The van der Waals surface area contributed by atoms with Crippen molar-refractivity contribution in [3.8, 4) is 0 Å². The van der Waals surface area contributed by atoms with E-state index in [1.807, 2.05) is 12.1 Å². The van der Waals surface area contributed by atoms with Gasteiger partial charge in [0.2, 0.25) is 0 Å². The van der Waals surface area contributed by atoms with Crippen LogP contribution in [-0.4, -0.2) is 29.3 Å². The van der Waals surface area contributed by atoms with E-state index >= 15 is 0 Å². The van der Waals surface area contributed by atoms with Gasteiger partial charge in [-0.15, -0.1) is 0 Å². The molecular formula is C18H27NO. The summed E-state index contributed by atoms with van der Waals surface area (Å²) >= 11 is 0. The Balaban J connectivity index is 2.16. The molecule has 1 aromatic carbocycles. The molecule has 20 heavy (non-hydrogen) atoms. The van der Waals surface area contributed by atoms with E-state index in [1.165, 1.54) is 24.8 Å². The van der Waals surface area contributed by atoms with Crippen LogP contribution in [0, 0.1) is 0 Å². The topological polar surface area (TPSA) is 20.3 Å². The maximum atomic E-state index is 12.8. The number of Topliss-reactive ketones (excluding diaryl/α,β-unsaturated/α-hetero) is 1. The first-order valence-electron chi connectivity index (χ1n) is 7.82. The Hall–Kier alpha value is -1.15. The lowest BCUT2D eigenvalue weighted by Gasteiger charge is -2.39. The summed E-state index contributed by atoms with van der Waals surface area (Å²) in [4.78, 5) is 15.1. The van der Waals surface area contributed by atoms with Gasteiger partial charge in [0.25, 0.3) is 0 Å². The fraction of sp³-hybridized carbons (Fsp3) is 0.611. The number of likely N-dealkylation sites (tertiary alicyclic amines) is 1. The lowest BCUT2D eigenvalue weighted by molar-refractivity contribution is 0.0579. The summed E-state index contributed by atoms with van der Waals surface area (Å²) in [6.45, 7) is 10.6. The molecule has 0 aromatic heterocycles. The van der Waals surface area contributed by atoms with Crippen LogP contribution in [0.1, 0.15) is 68.8 Å². The molecule has 2 rings (SSSR count). The second kappa shape index (κ2) is 6.09. The van der Waals surface area contributed by atoms with Crippen molar-refractivity contribution >= 4 is 5.78 Å². The largest absolute Gasteiger partial charge is 0.292 e. The number of ketones is 1. The first-order valence-corrected chi connectivity index (χ1v) is 7.82. The van der Waals surface area contributed by atoms with Crippen LogP contribution in [0.5, 0.6) is 0 Å². The van der Waals surface area contributed by atoms with Crippen LogP contribution in [-0.2, 0) is 0 Å². The van der Waals surface area contributed by atoms with E-state index in [-0.39, 0.29) is 11.3 Å². The second-order valence-corrected chi connectivity index (χ2v) is 6.71. The SMILES string of the molecule is CC(C)c1ccc(C(=O)C(C)(C)N2CCCCC2)cc1. The summed E-state index contributed by atoms with van der Waals surface area (Å²) in [7, 11) is 0. The molecule has 0 spiro atoms. The number of benzene rings is 1. The molecule has 1 aliphatic rings. The normalized spacial score (nSPS) is 17.4. The summed E-state index contributed by atoms with van der Waals surface area (Å²) in [5, 5.41) is 0. The zero-order valence-electron chi connectivity index (χ0n) is 13.3. The van der Waals surface area contributed by atoms with Crippen molar-refractivity contribution in [2.24, 2.45) is 0 Å². The zero-order valence-corrected chi connectivity index (χ0v) is 13.3. The van der Waals surface area contributed by atoms with Gasteiger partial charge in [0.15, 0.2) is 5.78 Å². The summed E-state index contributed by atoms with van der Waals surface area (Å²) < 4.78 is 0. The molecule has 1 heterocycles. The highest BCUT2D eigenvalue weighted by molar-refractivity contribution is 6.02. The Bertz CT molecular complexity index is 453.